The van der Waals surface area contributed by atoms with E-state index in [1.165, 1.54) is 6.07 Å². The van der Waals surface area contributed by atoms with Crippen molar-refractivity contribution in [2.24, 2.45) is 0 Å². The second-order valence-electron chi connectivity index (χ2n) is 5.16. The molecule has 126 valence electrons. The molecule has 0 fully saturated rings. The predicted octanol–water partition coefficient (Wildman–Crippen LogP) is 2.50. The standard InChI is InChI=1S/C18H20FN3O2/c1-2-20-18(24)22-17(23)16(13-8-4-3-5-9-13)21-12-14-10-6-7-11-15(14)19/h3-11,16,21H,2,12H2,1H3,(H2,20,22,23,24)/t16-/m1/s1. The number of rotatable bonds is 6. The van der Waals surface area contributed by atoms with Crippen molar-refractivity contribution in [2.45, 2.75) is 19.5 Å². The van der Waals surface area contributed by atoms with Gasteiger partial charge < -0.3 is 5.32 Å². The first-order valence-electron chi connectivity index (χ1n) is 7.72. The first-order valence-corrected chi connectivity index (χ1v) is 7.72. The Bertz CT molecular complexity index is 692. The molecule has 24 heavy (non-hydrogen) atoms. The van der Waals surface area contributed by atoms with Crippen LogP contribution in [-0.4, -0.2) is 18.5 Å². The van der Waals surface area contributed by atoms with Gasteiger partial charge in [-0.2, -0.15) is 0 Å². The van der Waals surface area contributed by atoms with Crippen molar-refractivity contribution in [1.82, 2.24) is 16.0 Å². The molecular formula is C18H20FN3O2. The summed E-state index contributed by atoms with van der Waals surface area (Å²) in [5.41, 5.74) is 1.14. The summed E-state index contributed by atoms with van der Waals surface area (Å²) in [6, 6.07) is 14.0. The molecule has 2 aromatic rings. The number of carbonyl (C=O) groups is 2. The second kappa shape index (κ2) is 8.79. The molecule has 0 heterocycles. The predicted molar refractivity (Wildman–Crippen MR) is 89.6 cm³/mol. The number of imide groups is 1. The topological polar surface area (TPSA) is 70.2 Å². The van der Waals surface area contributed by atoms with Crippen molar-refractivity contribution in [3.8, 4) is 0 Å². The summed E-state index contributed by atoms with van der Waals surface area (Å²) in [4.78, 5) is 24.0. The molecule has 0 aliphatic rings. The summed E-state index contributed by atoms with van der Waals surface area (Å²) < 4.78 is 13.7. The monoisotopic (exact) mass is 329 g/mol. The molecule has 1 atom stereocenters. The maximum Gasteiger partial charge on any atom is 0.321 e. The van der Waals surface area contributed by atoms with Crippen LogP contribution in [0.25, 0.3) is 0 Å². The molecule has 0 aliphatic carbocycles. The lowest BCUT2D eigenvalue weighted by molar-refractivity contribution is -0.122. The van der Waals surface area contributed by atoms with Gasteiger partial charge in [-0.1, -0.05) is 48.5 Å². The van der Waals surface area contributed by atoms with E-state index >= 15 is 0 Å². The van der Waals surface area contributed by atoms with E-state index in [4.69, 9.17) is 0 Å². The summed E-state index contributed by atoms with van der Waals surface area (Å²) in [5.74, 6) is -0.843. The van der Waals surface area contributed by atoms with Crippen LogP contribution in [0.3, 0.4) is 0 Å². The third-order valence-corrected chi connectivity index (χ3v) is 3.42. The molecule has 0 saturated carbocycles. The fourth-order valence-electron chi connectivity index (χ4n) is 2.25. The molecule has 5 nitrogen and oxygen atoms in total. The normalized spacial score (nSPS) is 11.6. The molecule has 0 aromatic heterocycles. The van der Waals surface area contributed by atoms with Crippen LogP contribution in [0, 0.1) is 5.82 Å². The van der Waals surface area contributed by atoms with E-state index in [9.17, 15) is 14.0 Å². The lowest BCUT2D eigenvalue weighted by Gasteiger charge is -2.19. The highest BCUT2D eigenvalue weighted by atomic mass is 19.1. The number of benzene rings is 2. The van der Waals surface area contributed by atoms with E-state index in [1.807, 2.05) is 6.07 Å². The summed E-state index contributed by atoms with van der Waals surface area (Å²) in [5, 5.41) is 7.80. The zero-order valence-corrected chi connectivity index (χ0v) is 13.4. The lowest BCUT2D eigenvalue weighted by Crippen LogP contribution is -2.45. The van der Waals surface area contributed by atoms with E-state index < -0.39 is 18.0 Å². The van der Waals surface area contributed by atoms with Crippen LogP contribution < -0.4 is 16.0 Å². The number of hydrogen-bond donors (Lipinski definition) is 3. The van der Waals surface area contributed by atoms with Crippen LogP contribution in [0.2, 0.25) is 0 Å². The minimum atomic E-state index is -0.770. The van der Waals surface area contributed by atoms with Crippen LogP contribution in [-0.2, 0) is 11.3 Å². The number of nitrogens with one attached hydrogen (secondary N) is 3. The quantitative estimate of drug-likeness (QED) is 0.763. The van der Waals surface area contributed by atoms with Crippen molar-refractivity contribution in [1.29, 1.82) is 0 Å². The molecular weight excluding hydrogens is 309 g/mol. The molecule has 2 rings (SSSR count). The van der Waals surface area contributed by atoms with Crippen LogP contribution in [0.4, 0.5) is 9.18 Å². The Balaban J connectivity index is 2.13. The van der Waals surface area contributed by atoms with Gasteiger partial charge in [0.05, 0.1) is 0 Å². The number of carbonyl (C=O) groups excluding carboxylic acids is 2. The summed E-state index contributed by atoms with van der Waals surface area (Å²) in [7, 11) is 0. The number of hydrogen-bond acceptors (Lipinski definition) is 3. The second-order valence-corrected chi connectivity index (χ2v) is 5.16. The van der Waals surface area contributed by atoms with Gasteiger partial charge in [0.15, 0.2) is 0 Å². The van der Waals surface area contributed by atoms with Gasteiger partial charge in [0, 0.05) is 18.7 Å². The molecule has 0 spiro atoms. The lowest BCUT2D eigenvalue weighted by atomic mass is 10.1. The van der Waals surface area contributed by atoms with Crippen LogP contribution in [0.1, 0.15) is 24.1 Å². The SMILES string of the molecule is CCNC(=O)NC(=O)[C@H](NCc1ccccc1F)c1ccccc1. The van der Waals surface area contributed by atoms with Gasteiger partial charge in [-0.3, -0.25) is 15.4 Å². The minimum Gasteiger partial charge on any atom is -0.338 e. The number of urea groups is 1. The zero-order valence-electron chi connectivity index (χ0n) is 13.4. The van der Waals surface area contributed by atoms with Gasteiger partial charge in [-0.15, -0.1) is 0 Å². The highest BCUT2D eigenvalue weighted by Crippen LogP contribution is 2.15. The number of amides is 3. The fourth-order valence-corrected chi connectivity index (χ4v) is 2.25. The van der Waals surface area contributed by atoms with Crippen molar-refractivity contribution in [3.05, 3.63) is 71.5 Å². The van der Waals surface area contributed by atoms with Gasteiger partial charge in [0.2, 0.25) is 5.91 Å². The summed E-state index contributed by atoms with van der Waals surface area (Å²) in [6.45, 7) is 2.34. The maximum atomic E-state index is 13.7. The van der Waals surface area contributed by atoms with E-state index in [2.05, 4.69) is 16.0 Å². The van der Waals surface area contributed by atoms with E-state index in [0.717, 1.165) is 0 Å². The molecule has 3 N–H and O–H groups in total. The summed E-state index contributed by atoms with van der Waals surface area (Å²) in [6.07, 6.45) is 0. The minimum absolute atomic E-state index is 0.162. The van der Waals surface area contributed by atoms with Gasteiger partial charge in [0.25, 0.3) is 0 Å². The average molecular weight is 329 g/mol. The number of halogens is 1. The van der Waals surface area contributed by atoms with Crippen molar-refractivity contribution in [2.75, 3.05) is 6.54 Å². The third-order valence-electron chi connectivity index (χ3n) is 3.42. The van der Waals surface area contributed by atoms with Crippen molar-refractivity contribution in [3.63, 3.8) is 0 Å². The van der Waals surface area contributed by atoms with Gasteiger partial charge in [-0.25, -0.2) is 9.18 Å². The third kappa shape index (κ3) is 4.89. The molecule has 2 aromatic carbocycles. The Labute approximate surface area is 140 Å². The first-order chi connectivity index (χ1) is 11.6. The van der Waals surface area contributed by atoms with Gasteiger partial charge in [0.1, 0.15) is 11.9 Å². The van der Waals surface area contributed by atoms with Gasteiger partial charge in [-0.05, 0) is 18.6 Å². The molecule has 0 aliphatic heterocycles. The Hall–Kier alpha value is -2.73. The Morgan fingerprint density at radius 2 is 1.71 bits per heavy atom. The highest BCUT2D eigenvalue weighted by molar-refractivity contribution is 5.97. The van der Waals surface area contributed by atoms with E-state index in [0.29, 0.717) is 17.7 Å². The fraction of sp³-hybridized carbons (Fsp3) is 0.222. The molecule has 0 saturated heterocycles. The molecule has 0 unspecified atom stereocenters. The summed E-state index contributed by atoms with van der Waals surface area (Å²) >= 11 is 0. The Morgan fingerprint density at radius 3 is 2.38 bits per heavy atom. The van der Waals surface area contributed by atoms with E-state index in [1.54, 1.807) is 49.4 Å². The smallest absolute Gasteiger partial charge is 0.321 e. The highest BCUT2D eigenvalue weighted by Gasteiger charge is 2.22. The molecule has 0 radical (unpaired) electrons. The van der Waals surface area contributed by atoms with Crippen LogP contribution in [0.5, 0.6) is 0 Å². The van der Waals surface area contributed by atoms with Crippen molar-refractivity contribution >= 4 is 11.9 Å². The average Bonchev–Trinajstić information content (AvgIpc) is 2.58. The molecule has 0 bridgehead atoms. The van der Waals surface area contributed by atoms with Gasteiger partial charge >= 0.3 is 6.03 Å². The zero-order chi connectivity index (χ0) is 17.4. The maximum absolute atomic E-state index is 13.7. The molecule has 3 amide bonds. The van der Waals surface area contributed by atoms with Crippen LogP contribution >= 0.6 is 0 Å². The largest absolute Gasteiger partial charge is 0.338 e. The van der Waals surface area contributed by atoms with Crippen molar-refractivity contribution < 1.29 is 14.0 Å². The Kier molecular flexibility index (Phi) is 6.45. The molecule has 6 heteroatoms. The van der Waals surface area contributed by atoms with E-state index in [-0.39, 0.29) is 12.4 Å². The first kappa shape index (κ1) is 17.6. The Morgan fingerprint density at radius 1 is 1.04 bits per heavy atom. The van der Waals surface area contributed by atoms with Crippen LogP contribution in [0.15, 0.2) is 54.6 Å².